The number of carboxylic acids is 1. The van der Waals surface area contributed by atoms with Crippen LogP contribution in [0.25, 0.3) is 0 Å². The molecule has 5 N–H and O–H groups in total. The number of carboxylic acid groups (broad SMARTS) is 1. The fourth-order valence-electron chi connectivity index (χ4n) is 0. The Bertz CT molecular complexity index is 69.5. The minimum Gasteiger partial charge on any atom is -0.549 e. The van der Waals surface area contributed by atoms with Crippen molar-refractivity contribution in [2.24, 2.45) is 11.5 Å². The van der Waals surface area contributed by atoms with E-state index in [0.717, 1.165) is 0 Å². The molecule has 0 radical (unpaired) electrons. The molecule has 10 heavy (non-hydrogen) atoms. The summed E-state index contributed by atoms with van der Waals surface area (Å²) in [4.78, 5) is 9.13. The molecular formula is C4H11KN2O3. The second kappa shape index (κ2) is 16.5. The maximum atomic E-state index is 9.13. The van der Waals surface area contributed by atoms with Gasteiger partial charge >= 0.3 is 51.4 Å². The van der Waals surface area contributed by atoms with Crippen molar-refractivity contribution in [3.63, 3.8) is 0 Å². The second-order valence-electron chi connectivity index (χ2n) is 1.09. The first-order valence-electron chi connectivity index (χ1n) is 2.39. The average Bonchev–Trinajstić information content (AvgIpc) is 1.89. The fraction of sp³-hybridized carbons (Fsp3) is 0.750. The van der Waals surface area contributed by atoms with E-state index >= 15 is 0 Å². The predicted octanol–water partition coefficient (Wildman–Crippen LogP) is -6.36. The number of carbonyl (C=O) groups excluding carboxylic acids is 1. The normalized spacial score (nSPS) is 6.70. The number of aliphatic carboxylic acids is 1. The van der Waals surface area contributed by atoms with Gasteiger partial charge in [0.25, 0.3) is 0 Å². The largest absolute Gasteiger partial charge is 1.00 e. The molecule has 0 rings (SSSR count). The molecule has 0 aromatic carbocycles. The molecule has 0 aliphatic heterocycles. The zero-order valence-electron chi connectivity index (χ0n) is 6.04. The monoisotopic (exact) mass is 174 g/mol. The SMILES string of the molecule is NCC(=O)[O-].NCCO.[K+]. The van der Waals surface area contributed by atoms with Gasteiger partial charge in [-0.05, 0) is 0 Å². The van der Waals surface area contributed by atoms with Gasteiger partial charge in [-0.3, -0.25) is 0 Å². The molecule has 0 unspecified atom stereocenters. The molecule has 0 bridgehead atoms. The average molecular weight is 174 g/mol. The molecule has 0 saturated heterocycles. The summed E-state index contributed by atoms with van der Waals surface area (Å²) in [5, 5.41) is 16.9. The van der Waals surface area contributed by atoms with Crippen LogP contribution < -0.4 is 68.0 Å². The summed E-state index contributed by atoms with van der Waals surface area (Å²) in [5.41, 5.74) is 9.29. The van der Waals surface area contributed by atoms with Crippen LogP contribution in [0.3, 0.4) is 0 Å². The molecule has 0 spiro atoms. The molecule has 0 aromatic heterocycles. The number of aliphatic hydroxyl groups is 1. The molecule has 0 amide bonds. The minimum absolute atomic E-state index is 0. The number of carbonyl (C=O) groups is 1. The van der Waals surface area contributed by atoms with Crippen LogP contribution in [0.1, 0.15) is 0 Å². The summed E-state index contributed by atoms with van der Waals surface area (Å²) in [6.45, 7) is 0.0833. The van der Waals surface area contributed by atoms with E-state index in [2.05, 4.69) is 5.73 Å². The third kappa shape index (κ3) is 36.1. The molecule has 0 atom stereocenters. The molecule has 6 heteroatoms. The molecule has 0 aliphatic rings. The number of aliphatic hydroxyl groups excluding tert-OH is 1. The van der Waals surface area contributed by atoms with Crippen molar-refractivity contribution in [2.45, 2.75) is 0 Å². The third-order valence-electron chi connectivity index (χ3n) is 0.296. The van der Waals surface area contributed by atoms with Gasteiger partial charge in [0, 0.05) is 13.1 Å². The van der Waals surface area contributed by atoms with Gasteiger partial charge < -0.3 is 26.5 Å². The van der Waals surface area contributed by atoms with Crippen LogP contribution in [0.15, 0.2) is 0 Å². The van der Waals surface area contributed by atoms with Crippen LogP contribution in [0.2, 0.25) is 0 Å². The third-order valence-corrected chi connectivity index (χ3v) is 0.296. The Hall–Kier alpha value is 0.986. The Labute approximate surface area is 102 Å². The fourth-order valence-corrected chi connectivity index (χ4v) is 0. The van der Waals surface area contributed by atoms with Gasteiger partial charge in [0.2, 0.25) is 0 Å². The Morgan fingerprint density at radius 3 is 1.70 bits per heavy atom. The van der Waals surface area contributed by atoms with Crippen molar-refractivity contribution < 1.29 is 66.4 Å². The van der Waals surface area contributed by atoms with Gasteiger partial charge in [-0.1, -0.05) is 0 Å². The smallest absolute Gasteiger partial charge is 0.549 e. The Morgan fingerprint density at radius 2 is 1.70 bits per heavy atom. The quantitative estimate of drug-likeness (QED) is 0.360. The number of hydrogen-bond acceptors (Lipinski definition) is 5. The molecule has 0 aromatic rings. The first kappa shape index (κ1) is 17.2. The maximum Gasteiger partial charge on any atom is 1.00 e. The van der Waals surface area contributed by atoms with Crippen molar-refractivity contribution in [3.05, 3.63) is 0 Å². The van der Waals surface area contributed by atoms with Crippen LogP contribution in [-0.4, -0.2) is 30.8 Å². The van der Waals surface area contributed by atoms with E-state index in [9.17, 15) is 0 Å². The predicted molar refractivity (Wildman–Crippen MR) is 30.2 cm³/mol. The summed E-state index contributed by atoms with van der Waals surface area (Å²) in [6.07, 6.45) is 0. The van der Waals surface area contributed by atoms with E-state index in [-0.39, 0.29) is 64.5 Å². The standard InChI is InChI=1S/C2H5NO2.C2H7NO.K/c3-1-2(4)5;3-1-2-4;/h1,3H2,(H,4,5);4H,1-3H2;/q;;+1/p-1. The number of rotatable bonds is 2. The molecule has 0 heterocycles. The maximum absolute atomic E-state index is 9.13. The van der Waals surface area contributed by atoms with Crippen molar-refractivity contribution in [1.82, 2.24) is 0 Å². The summed E-state index contributed by atoms with van der Waals surface area (Å²) in [7, 11) is 0. The molecule has 0 saturated carbocycles. The zero-order valence-corrected chi connectivity index (χ0v) is 9.16. The Kier molecular flexibility index (Phi) is 28.4. The van der Waals surface area contributed by atoms with Crippen molar-refractivity contribution in [1.29, 1.82) is 0 Å². The van der Waals surface area contributed by atoms with E-state index in [4.69, 9.17) is 20.7 Å². The van der Waals surface area contributed by atoms with Gasteiger partial charge in [-0.15, -0.1) is 0 Å². The van der Waals surface area contributed by atoms with E-state index in [1.54, 1.807) is 0 Å². The second-order valence-corrected chi connectivity index (χ2v) is 1.09. The van der Waals surface area contributed by atoms with Crippen LogP contribution in [0, 0.1) is 0 Å². The Balaban J connectivity index is -0.0000000910. The van der Waals surface area contributed by atoms with E-state index < -0.39 is 5.97 Å². The van der Waals surface area contributed by atoms with Crippen LogP contribution in [0.4, 0.5) is 0 Å². The molecule has 0 aliphatic carbocycles. The summed E-state index contributed by atoms with van der Waals surface area (Å²) < 4.78 is 0. The number of hydrogen-bond donors (Lipinski definition) is 3. The van der Waals surface area contributed by atoms with Crippen molar-refractivity contribution in [3.8, 4) is 0 Å². The van der Waals surface area contributed by atoms with Gasteiger partial charge in [0.05, 0.1) is 12.6 Å². The van der Waals surface area contributed by atoms with Gasteiger partial charge in [-0.2, -0.15) is 0 Å². The first-order valence-corrected chi connectivity index (χ1v) is 2.39. The minimum atomic E-state index is -1.22. The molecule has 0 fully saturated rings. The first-order chi connectivity index (χ1) is 4.18. The van der Waals surface area contributed by atoms with Crippen LogP contribution in [0.5, 0.6) is 0 Å². The summed E-state index contributed by atoms with van der Waals surface area (Å²) in [6, 6.07) is 0. The van der Waals surface area contributed by atoms with E-state index in [1.165, 1.54) is 0 Å². The molecular weight excluding hydrogens is 163 g/mol. The van der Waals surface area contributed by atoms with Gasteiger partial charge in [-0.25, -0.2) is 0 Å². The van der Waals surface area contributed by atoms with Crippen LogP contribution >= 0.6 is 0 Å². The Morgan fingerprint density at radius 1 is 1.50 bits per heavy atom. The molecule has 5 nitrogen and oxygen atoms in total. The zero-order chi connectivity index (χ0) is 7.70. The van der Waals surface area contributed by atoms with Crippen LogP contribution in [-0.2, 0) is 4.79 Å². The molecule has 56 valence electrons. The van der Waals surface area contributed by atoms with Gasteiger partial charge in [0.15, 0.2) is 0 Å². The summed E-state index contributed by atoms with van der Waals surface area (Å²) >= 11 is 0. The van der Waals surface area contributed by atoms with Crippen molar-refractivity contribution in [2.75, 3.05) is 19.7 Å². The van der Waals surface area contributed by atoms with E-state index in [1.807, 2.05) is 0 Å². The topological polar surface area (TPSA) is 112 Å². The van der Waals surface area contributed by atoms with Gasteiger partial charge in [0.1, 0.15) is 0 Å². The van der Waals surface area contributed by atoms with Crippen molar-refractivity contribution >= 4 is 5.97 Å². The van der Waals surface area contributed by atoms with E-state index in [0.29, 0.717) is 6.54 Å². The summed E-state index contributed by atoms with van der Waals surface area (Å²) in [5.74, 6) is -1.22. The number of nitrogens with two attached hydrogens (primary N) is 2.